The largest absolute Gasteiger partial charge is 0.324 e. The van der Waals surface area contributed by atoms with E-state index in [1.165, 1.54) is 0 Å². The lowest BCUT2D eigenvalue weighted by molar-refractivity contribution is -0.387. The van der Waals surface area contributed by atoms with Crippen molar-refractivity contribution in [1.82, 2.24) is 0 Å². The third-order valence-electron chi connectivity index (χ3n) is 3.67. The molecule has 0 heterocycles. The highest BCUT2D eigenvalue weighted by Gasteiger charge is 2.28. The van der Waals surface area contributed by atoms with Crippen molar-refractivity contribution in [3.63, 3.8) is 0 Å². The molecule has 144 valence electrons. The van der Waals surface area contributed by atoms with E-state index < -0.39 is 54.4 Å². The summed E-state index contributed by atoms with van der Waals surface area (Å²) >= 11 is 0. The van der Waals surface area contributed by atoms with Crippen molar-refractivity contribution >= 4 is 33.0 Å². The van der Waals surface area contributed by atoms with E-state index >= 15 is 0 Å². The van der Waals surface area contributed by atoms with Crippen LogP contribution in [0.2, 0.25) is 0 Å². The summed E-state index contributed by atoms with van der Waals surface area (Å²) in [5.41, 5.74) is -0.833. The summed E-state index contributed by atoms with van der Waals surface area (Å²) in [6.07, 6.45) is 0. The van der Waals surface area contributed by atoms with Crippen LogP contribution in [-0.2, 0) is 14.8 Å². The highest BCUT2D eigenvalue weighted by molar-refractivity contribution is 7.92. The summed E-state index contributed by atoms with van der Waals surface area (Å²) in [6.45, 7) is 4.22. The van der Waals surface area contributed by atoms with Crippen LogP contribution in [0.4, 0.5) is 25.8 Å². The number of nitro groups is 1. The Hall–Kier alpha value is -3.08. The highest BCUT2D eigenvalue weighted by atomic mass is 32.2. The maximum absolute atomic E-state index is 14.0. The number of aryl methyl sites for hydroxylation is 2. The van der Waals surface area contributed by atoms with Crippen LogP contribution >= 0.6 is 0 Å². The maximum Gasteiger partial charge on any atom is 0.290 e. The van der Waals surface area contributed by atoms with Crippen LogP contribution in [0.1, 0.15) is 18.1 Å². The average Bonchev–Trinajstić information content (AvgIpc) is 2.53. The van der Waals surface area contributed by atoms with Crippen LogP contribution in [-0.4, -0.2) is 19.2 Å². The van der Waals surface area contributed by atoms with E-state index in [4.69, 9.17) is 0 Å². The molecule has 0 fully saturated rings. The number of anilines is 2. The number of hydrogen-bond acceptors (Lipinski definition) is 5. The van der Waals surface area contributed by atoms with Gasteiger partial charge in [-0.2, -0.15) is 0 Å². The number of halogens is 2. The van der Waals surface area contributed by atoms with Gasteiger partial charge in [0.25, 0.3) is 15.7 Å². The van der Waals surface area contributed by atoms with Crippen molar-refractivity contribution in [3.8, 4) is 0 Å². The average molecular weight is 399 g/mol. The number of benzene rings is 2. The Labute approximate surface area is 153 Å². The Bertz CT molecular complexity index is 1050. The fraction of sp³-hybridized carbons (Fsp3) is 0.188. The van der Waals surface area contributed by atoms with Gasteiger partial charge in [-0.15, -0.1) is 0 Å². The van der Waals surface area contributed by atoms with E-state index in [2.05, 4.69) is 5.32 Å². The van der Waals surface area contributed by atoms with Gasteiger partial charge in [0.15, 0.2) is 4.90 Å². The zero-order valence-corrected chi connectivity index (χ0v) is 15.3. The molecule has 0 bridgehead atoms. The molecule has 11 heteroatoms. The van der Waals surface area contributed by atoms with Crippen LogP contribution < -0.4 is 10.0 Å². The molecule has 0 aromatic heterocycles. The van der Waals surface area contributed by atoms with E-state index in [1.807, 2.05) is 4.72 Å². The standard InChI is InChI=1S/C16H15F2N3O5S/c1-8-4-15(21(23)24)16(5-9(8)2)27(25,26)20-14-7-13(19-10(3)22)11(17)6-12(14)18/h4-7,20H,1-3H3,(H,19,22). The predicted molar refractivity (Wildman–Crippen MR) is 94.0 cm³/mol. The first-order valence-electron chi connectivity index (χ1n) is 7.47. The zero-order chi connectivity index (χ0) is 20.5. The zero-order valence-electron chi connectivity index (χ0n) is 14.5. The van der Waals surface area contributed by atoms with Gasteiger partial charge in [-0.25, -0.2) is 17.2 Å². The molecule has 0 aliphatic rings. The lowest BCUT2D eigenvalue weighted by atomic mass is 10.1. The number of nitrogens with zero attached hydrogens (tertiary/aromatic N) is 1. The monoisotopic (exact) mass is 399 g/mol. The lowest BCUT2D eigenvalue weighted by Gasteiger charge is -2.13. The summed E-state index contributed by atoms with van der Waals surface area (Å²) in [4.78, 5) is 20.7. The topological polar surface area (TPSA) is 118 Å². The molecule has 8 nitrogen and oxygen atoms in total. The fourth-order valence-corrected chi connectivity index (χ4v) is 3.54. The Morgan fingerprint density at radius 3 is 2.15 bits per heavy atom. The minimum Gasteiger partial charge on any atom is -0.324 e. The van der Waals surface area contributed by atoms with E-state index in [-0.39, 0.29) is 0 Å². The molecule has 0 radical (unpaired) electrons. The van der Waals surface area contributed by atoms with Gasteiger partial charge in [-0.3, -0.25) is 19.6 Å². The van der Waals surface area contributed by atoms with E-state index in [0.29, 0.717) is 17.2 Å². The normalized spacial score (nSPS) is 11.1. The van der Waals surface area contributed by atoms with Crippen molar-refractivity contribution in [1.29, 1.82) is 0 Å². The third-order valence-corrected chi connectivity index (χ3v) is 5.07. The summed E-state index contributed by atoms with van der Waals surface area (Å²) in [5.74, 6) is -3.02. The van der Waals surface area contributed by atoms with Gasteiger partial charge >= 0.3 is 0 Å². The number of amides is 1. The van der Waals surface area contributed by atoms with Gasteiger partial charge in [0, 0.05) is 19.1 Å². The van der Waals surface area contributed by atoms with Crippen LogP contribution in [0.15, 0.2) is 29.2 Å². The second kappa shape index (κ2) is 7.27. The summed E-state index contributed by atoms with van der Waals surface area (Å²) in [6, 6.07) is 3.31. The molecule has 2 aromatic carbocycles. The number of hydrogen-bond donors (Lipinski definition) is 2. The van der Waals surface area contributed by atoms with Crippen LogP contribution in [0.5, 0.6) is 0 Å². The molecule has 27 heavy (non-hydrogen) atoms. The summed E-state index contributed by atoms with van der Waals surface area (Å²) < 4.78 is 54.8. The molecule has 0 atom stereocenters. The molecule has 0 aliphatic heterocycles. The Morgan fingerprint density at radius 2 is 1.59 bits per heavy atom. The number of sulfonamides is 1. The van der Waals surface area contributed by atoms with E-state index in [9.17, 15) is 32.1 Å². The fourth-order valence-electron chi connectivity index (χ4n) is 2.24. The molecule has 0 aliphatic carbocycles. The number of nitro benzene ring substituents is 1. The first kappa shape index (κ1) is 20.2. The molecule has 0 saturated heterocycles. The molecular formula is C16H15F2N3O5S. The number of rotatable bonds is 5. The Morgan fingerprint density at radius 1 is 1.04 bits per heavy atom. The predicted octanol–water partition coefficient (Wildman–Crippen LogP) is 3.25. The maximum atomic E-state index is 14.0. The summed E-state index contributed by atoms with van der Waals surface area (Å²) in [7, 11) is -4.58. The van der Waals surface area contributed by atoms with Crippen molar-refractivity contribution in [3.05, 3.63) is 57.1 Å². The molecular weight excluding hydrogens is 384 g/mol. The minimum absolute atomic E-state index is 0.387. The second-order valence-electron chi connectivity index (χ2n) is 5.76. The molecule has 2 rings (SSSR count). The molecule has 1 amide bonds. The van der Waals surface area contributed by atoms with Crippen LogP contribution in [0.25, 0.3) is 0 Å². The van der Waals surface area contributed by atoms with Gasteiger partial charge in [-0.05, 0) is 37.1 Å². The SMILES string of the molecule is CC(=O)Nc1cc(NS(=O)(=O)c2cc(C)c(C)cc2[N+](=O)[O-])c(F)cc1F. The van der Waals surface area contributed by atoms with Crippen LogP contribution in [0, 0.1) is 35.6 Å². The third kappa shape index (κ3) is 4.37. The minimum atomic E-state index is -4.58. The van der Waals surface area contributed by atoms with Crippen molar-refractivity contribution in [2.45, 2.75) is 25.7 Å². The molecule has 2 aromatic rings. The molecule has 2 N–H and O–H groups in total. The molecule has 0 unspecified atom stereocenters. The van der Waals surface area contributed by atoms with Crippen LogP contribution in [0.3, 0.4) is 0 Å². The Kier molecular flexibility index (Phi) is 5.45. The summed E-state index contributed by atoms with van der Waals surface area (Å²) in [5, 5.41) is 13.3. The quantitative estimate of drug-likeness (QED) is 0.591. The van der Waals surface area contributed by atoms with Gasteiger partial charge in [0.05, 0.1) is 16.3 Å². The highest BCUT2D eigenvalue weighted by Crippen LogP contribution is 2.31. The van der Waals surface area contributed by atoms with Crippen molar-refractivity contribution in [2.75, 3.05) is 10.0 Å². The number of carbonyl (C=O) groups excluding carboxylic acids is 1. The molecule has 0 saturated carbocycles. The smallest absolute Gasteiger partial charge is 0.290 e. The van der Waals surface area contributed by atoms with Gasteiger partial charge in [0.1, 0.15) is 11.6 Å². The van der Waals surface area contributed by atoms with Crippen molar-refractivity contribution in [2.24, 2.45) is 0 Å². The first-order chi connectivity index (χ1) is 12.4. The molecule has 0 spiro atoms. The van der Waals surface area contributed by atoms with E-state index in [0.717, 1.165) is 25.1 Å². The first-order valence-corrected chi connectivity index (χ1v) is 8.95. The second-order valence-corrected chi connectivity index (χ2v) is 7.41. The van der Waals surface area contributed by atoms with Crippen molar-refractivity contribution < 1.29 is 26.9 Å². The van der Waals surface area contributed by atoms with Gasteiger partial charge < -0.3 is 5.32 Å². The lowest BCUT2D eigenvalue weighted by Crippen LogP contribution is -2.17. The van der Waals surface area contributed by atoms with Gasteiger partial charge in [0.2, 0.25) is 5.91 Å². The Balaban J connectivity index is 2.56. The number of carbonyl (C=O) groups is 1. The number of nitrogens with one attached hydrogen (secondary N) is 2. The van der Waals surface area contributed by atoms with Gasteiger partial charge in [-0.1, -0.05) is 0 Å². The van der Waals surface area contributed by atoms with E-state index in [1.54, 1.807) is 13.8 Å².